The summed E-state index contributed by atoms with van der Waals surface area (Å²) < 4.78 is 10.8. The number of aromatic nitrogens is 1. The van der Waals surface area contributed by atoms with Gasteiger partial charge in [0, 0.05) is 25.5 Å². The number of carbonyl (C=O) groups is 1. The summed E-state index contributed by atoms with van der Waals surface area (Å²) in [5.41, 5.74) is 0. The quantitative estimate of drug-likeness (QED) is 0.816. The van der Waals surface area contributed by atoms with E-state index in [2.05, 4.69) is 17.2 Å². The Labute approximate surface area is 113 Å². The fourth-order valence-corrected chi connectivity index (χ4v) is 2.10. The molecule has 19 heavy (non-hydrogen) atoms. The second kappa shape index (κ2) is 7.28. The van der Waals surface area contributed by atoms with E-state index in [9.17, 15) is 4.79 Å². The first-order valence-electron chi connectivity index (χ1n) is 7.06. The molecule has 5 heteroatoms. The van der Waals surface area contributed by atoms with Gasteiger partial charge in [-0.2, -0.15) is 0 Å². The summed E-state index contributed by atoms with van der Waals surface area (Å²) in [5.74, 6) is 1.82. The first kappa shape index (κ1) is 14.1. The summed E-state index contributed by atoms with van der Waals surface area (Å²) in [5, 5.41) is 2.92. The molecule has 1 unspecified atom stereocenters. The predicted molar refractivity (Wildman–Crippen MR) is 70.8 cm³/mol. The fourth-order valence-electron chi connectivity index (χ4n) is 2.10. The highest BCUT2D eigenvalue weighted by molar-refractivity contribution is 5.77. The summed E-state index contributed by atoms with van der Waals surface area (Å²) in [6, 6.07) is 0. The molecule has 1 aromatic heterocycles. The number of carbonyl (C=O) groups excluding carboxylic acids is 1. The van der Waals surface area contributed by atoms with Crippen molar-refractivity contribution < 1.29 is 13.9 Å². The summed E-state index contributed by atoms with van der Waals surface area (Å²) in [7, 11) is 0. The maximum atomic E-state index is 11.8. The third-order valence-corrected chi connectivity index (χ3v) is 3.29. The first-order valence-corrected chi connectivity index (χ1v) is 7.06. The van der Waals surface area contributed by atoms with Crippen LogP contribution in [0.3, 0.4) is 0 Å². The summed E-state index contributed by atoms with van der Waals surface area (Å²) >= 11 is 0. The SMILES string of the molecule is CCCCc1ncc(CC(=O)NCC2CCOC2)o1. The Bertz CT molecular complexity index is 397. The van der Waals surface area contributed by atoms with Gasteiger partial charge in [-0.05, 0) is 12.8 Å². The molecule has 1 fully saturated rings. The van der Waals surface area contributed by atoms with Crippen LogP contribution < -0.4 is 5.32 Å². The minimum atomic E-state index is -0.00917. The van der Waals surface area contributed by atoms with Gasteiger partial charge in [0.2, 0.25) is 5.91 Å². The van der Waals surface area contributed by atoms with Crippen molar-refractivity contribution in [2.24, 2.45) is 5.92 Å². The Morgan fingerprint density at radius 1 is 1.58 bits per heavy atom. The molecule has 0 aliphatic carbocycles. The van der Waals surface area contributed by atoms with Gasteiger partial charge >= 0.3 is 0 Å². The number of oxazole rings is 1. The smallest absolute Gasteiger partial charge is 0.227 e. The summed E-state index contributed by atoms with van der Waals surface area (Å²) in [6.07, 6.45) is 5.98. The monoisotopic (exact) mass is 266 g/mol. The molecule has 0 spiro atoms. The molecule has 0 radical (unpaired) electrons. The van der Waals surface area contributed by atoms with E-state index in [4.69, 9.17) is 9.15 Å². The Balaban J connectivity index is 1.70. The standard InChI is InChI=1S/C14H22N2O3/c1-2-3-4-14-16-9-12(19-14)7-13(17)15-8-11-5-6-18-10-11/h9,11H,2-8,10H2,1H3,(H,15,17). The molecule has 2 rings (SSSR count). The highest BCUT2D eigenvalue weighted by Crippen LogP contribution is 2.11. The van der Waals surface area contributed by atoms with Gasteiger partial charge in [-0.25, -0.2) is 4.98 Å². The number of hydrogen-bond acceptors (Lipinski definition) is 4. The lowest BCUT2D eigenvalue weighted by Gasteiger charge is -2.08. The highest BCUT2D eigenvalue weighted by atomic mass is 16.5. The van der Waals surface area contributed by atoms with Crippen molar-refractivity contribution in [1.82, 2.24) is 10.3 Å². The predicted octanol–water partition coefficient (Wildman–Crippen LogP) is 1.71. The molecule has 0 bridgehead atoms. The number of hydrogen-bond donors (Lipinski definition) is 1. The van der Waals surface area contributed by atoms with Gasteiger partial charge in [-0.1, -0.05) is 13.3 Å². The van der Waals surface area contributed by atoms with Crippen LogP contribution in [0.15, 0.2) is 10.6 Å². The van der Waals surface area contributed by atoms with Crippen molar-refractivity contribution in [3.63, 3.8) is 0 Å². The molecular weight excluding hydrogens is 244 g/mol. The van der Waals surface area contributed by atoms with E-state index in [1.54, 1.807) is 6.20 Å². The van der Waals surface area contributed by atoms with Gasteiger partial charge in [0.1, 0.15) is 5.76 Å². The van der Waals surface area contributed by atoms with Crippen LogP contribution >= 0.6 is 0 Å². The third-order valence-electron chi connectivity index (χ3n) is 3.29. The Hall–Kier alpha value is -1.36. The Kier molecular flexibility index (Phi) is 5.39. The van der Waals surface area contributed by atoms with Crippen LogP contribution in [0, 0.1) is 5.92 Å². The molecule has 1 saturated heterocycles. The van der Waals surface area contributed by atoms with Gasteiger partial charge in [-0.3, -0.25) is 4.79 Å². The van der Waals surface area contributed by atoms with Crippen molar-refractivity contribution in [3.05, 3.63) is 17.8 Å². The Morgan fingerprint density at radius 2 is 2.47 bits per heavy atom. The lowest BCUT2D eigenvalue weighted by atomic mass is 10.1. The molecule has 2 heterocycles. The molecule has 5 nitrogen and oxygen atoms in total. The van der Waals surface area contributed by atoms with Gasteiger partial charge in [-0.15, -0.1) is 0 Å². The number of nitrogens with zero attached hydrogens (tertiary/aromatic N) is 1. The molecule has 0 aromatic carbocycles. The molecular formula is C14H22N2O3. The van der Waals surface area contributed by atoms with E-state index in [1.807, 2.05) is 0 Å². The average Bonchev–Trinajstić information content (AvgIpc) is 3.05. The zero-order valence-corrected chi connectivity index (χ0v) is 11.5. The molecule has 1 atom stereocenters. The van der Waals surface area contributed by atoms with E-state index in [-0.39, 0.29) is 12.3 Å². The number of ether oxygens (including phenoxy) is 1. The first-order chi connectivity index (χ1) is 9.28. The fraction of sp³-hybridized carbons (Fsp3) is 0.714. The summed E-state index contributed by atoms with van der Waals surface area (Å²) in [6.45, 7) is 4.38. The minimum Gasteiger partial charge on any atom is -0.445 e. The van der Waals surface area contributed by atoms with Crippen LogP contribution in [0.4, 0.5) is 0 Å². The third kappa shape index (κ3) is 4.67. The normalized spacial score (nSPS) is 18.7. The molecule has 1 N–H and O–H groups in total. The topological polar surface area (TPSA) is 64.4 Å². The van der Waals surface area contributed by atoms with Crippen LogP contribution in [0.25, 0.3) is 0 Å². The van der Waals surface area contributed by atoms with Crippen LogP contribution in [-0.2, 0) is 22.4 Å². The van der Waals surface area contributed by atoms with Gasteiger partial charge in [0.05, 0.1) is 19.2 Å². The zero-order valence-electron chi connectivity index (χ0n) is 11.5. The molecule has 1 aliphatic rings. The molecule has 1 aliphatic heterocycles. The molecule has 106 valence electrons. The van der Waals surface area contributed by atoms with E-state index in [0.717, 1.165) is 44.8 Å². The molecule has 1 amide bonds. The maximum absolute atomic E-state index is 11.8. The second-order valence-electron chi connectivity index (χ2n) is 5.03. The van der Waals surface area contributed by atoms with Crippen LogP contribution in [0.1, 0.15) is 37.8 Å². The van der Waals surface area contributed by atoms with Crippen molar-refractivity contribution >= 4 is 5.91 Å². The van der Waals surface area contributed by atoms with Crippen molar-refractivity contribution in [2.45, 2.75) is 39.0 Å². The maximum Gasteiger partial charge on any atom is 0.227 e. The number of rotatable bonds is 7. The lowest BCUT2D eigenvalue weighted by molar-refractivity contribution is -0.120. The van der Waals surface area contributed by atoms with Gasteiger partial charge < -0.3 is 14.5 Å². The highest BCUT2D eigenvalue weighted by Gasteiger charge is 2.17. The number of nitrogens with one attached hydrogen (secondary N) is 1. The van der Waals surface area contributed by atoms with E-state index in [0.29, 0.717) is 18.2 Å². The number of amides is 1. The van der Waals surface area contributed by atoms with E-state index in [1.165, 1.54) is 0 Å². The molecule has 1 aromatic rings. The summed E-state index contributed by atoms with van der Waals surface area (Å²) in [4.78, 5) is 15.9. The zero-order chi connectivity index (χ0) is 13.5. The van der Waals surface area contributed by atoms with Gasteiger partial charge in [0.15, 0.2) is 5.89 Å². The van der Waals surface area contributed by atoms with Crippen LogP contribution in [0.2, 0.25) is 0 Å². The van der Waals surface area contributed by atoms with Crippen molar-refractivity contribution in [3.8, 4) is 0 Å². The van der Waals surface area contributed by atoms with Crippen molar-refractivity contribution in [1.29, 1.82) is 0 Å². The minimum absolute atomic E-state index is 0.00917. The van der Waals surface area contributed by atoms with Crippen LogP contribution in [-0.4, -0.2) is 30.6 Å². The second-order valence-corrected chi connectivity index (χ2v) is 5.03. The van der Waals surface area contributed by atoms with Crippen LogP contribution in [0.5, 0.6) is 0 Å². The molecule has 0 saturated carbocycles. The Morgan fingerprint density at radius 3 is 3.21 bits per heavy atom. The van der Waals surface area contributed by atoms with Gasteiger partial charge in [0.25, 0.3) is 0 Å². The number of unbranched alkanes of at least 4 members (excludes halogenated alkanes) is 1. The van der Waals surface area contributed by atoms with E-state index >= 15 is 0 Å². The largest absolute Gasteiger partial charge is 0.445 e. The van der Waals surface area contributed by atoms with Crippen molar-refractivity contribution in [2.75, 3.05) is 19.8 Å². The average molecular weight is 266 g/mol. The van der Waals surface area contributed by atoms with E-state index < -0.39 is 0 Å². The lowest BCUT2D eigenvalue weighted by Crippen LogP contribution is -2.30. The number of aryl methyl sites for hydroxylation is 1.